The Bertz CT molecular complexity index is 938. The Morgan fingerprint density at radius 3 is 2.52 bits per heavy atom. The van der Waals surface area contributed by atoms with Gasteiger partial charge < -0.3 is 0 Å². The molecule has 1 N–H and O–H groups in total. The van der Waals surface area contributed by atoms with Crippen LogP contribution < -0.4 is 34.8 Å². The molecule has 3 heterocycles. The third kappa shape index (κ3) is 4.65. The third-order valence-corrected chi connectivity index (χ3v) is 7.67. The van der Waals surface area contributed by atoms with Crippen LogP contribution in [0.4, 0.5) is 16.2 Å². The molecule has 0 aliphatic carbocycles. The average Bonchev–Trinajstić information content (AvgIpc) is 3.32. The second-order valence-corrected chi connectivity index (χ2v) is 10.4. The summed E-state index contributed by atoms with van der Waals surface area (Å²) in [4.78, 5) is 40.1. The number of nitrogens with zero attached hydrogens (tertiary/aromatic N) is 2. The minimum atomic E-state index is -0.893. The fourth-order valence-electron chi connectivity index (χ4n) is 2.89. The molecular weight excluding hydrogens is 533 g/mol. The summed E-state index contributed by atoms with van der Waals surface area (Å²) in [6.45, 7) is 1.45. The molecule has 8 nitrogen and oxygen atoms in total. The molecule has 0 radical (unpaired) electrons. The summed E-state index contributed by atoms with van der Waals surface area (Å²) in [5, 5.41) is 0. The molecule has 1 atom stereocenters. The van der Waals surface area contributed by atoms with Gasteiger partial charge in [-0.1, -0.05) is 0 Å². The van der Waals surface area contributed by atoms with Gasteiger partial charge in [0.05, 0.1) is 0 Å². The normalized spacial score (nSPS) is 19.6. The number of carbonyl (C=O) groups excluding carboxylic acids is 3. The number of benzene rings is 1. The zero-order valence-corrected chi connectivity index (χ0v) is 18.7. The molecule has 1 aromatic heterocycles. The van der Waals surface area contributed by atoms with Gasteiger partial charge in [0.2, 0.25) is 0 Å². The van der Waals surface area contributed by atoms with Crippen LogP contribution in [0, 0.1) is 0 Å². The van der Waals surface area contributed by atoms with Crippen LogP contribution in [0.5, 0.6) is 0 Å². The van der Waals surface area contributed by atoms with E-state index in [2.05, 4.69) is 3.53 Å². The van der Waals surface area contributed by atoms with Crippen molar-refractivity contribution in [3.05, 3.63) is 45.6 Å². The van der Waals surface area contributed by atoms with E-state index in [0.717, 1.165) is 5.69 Å². The van der Waals surface area contributed by atoms with Crippen molar-refractivity contribution in [3.63, 3.8) is 0 Å². The molecule has 2 saturated heterocycles. The van der Waals surface area contributed by atoms with E-state index in [1.165, 1.54) is 16.2 Å². The van der Waals surface area contributed by atoms with Gasteiger partial charge in [-0.2, -0.15) is 0 Å². The topological polar surface area (TPSA) is 88.2 Å². The number of carbonyl (C=O) groups is 3. The molecule has 0 saturated carbocycles. The molecular formula is C18H16ClIN3O5S-. The van der Waals surface area contributed by atoms with E-state index in [9.17, 15) is 14.4 Å². The number of nitrogens with one attached hydrogen (secondary N) is 1. The first-order valence-corrected chi connectivity index (χ1v) is 12.2. The Morgan fingerprint density at radius 1 is 1.14 bits per heavy atom. The van der Waals surface area contributed by atoms with Crippen LogP contribution in [0.1, 0.15) is 9.67 Å². The predicted molar refractivity (Wildman–Crippen MR) is 104 cm³/mol. The standard InChI is InChI=1S/C18H16ClIN3O5S/c19-14-6-5-13(29-14)17(25)21-20-15-9-23(18(26)28-15)12-3-1-11(2-4-12)22-7-8-27-10-16(22)24/h1-6,15H,7-10H2,(H,21,25)/q-1/t15-/m1/s1. The van der Waals surface area contributed by atoms with Gasteiger partial charge in [0.25, 0.3) is 0 Å². The average molecular weight is 549 g/mol. The van der Waals surface area contributed by atoms with Gasteiger partial charge in [-0.3, -0.25) is 0 Å². The zero-order valence-electron chi connectivity index (χ0n) is 15.0. The van der Waals surface area contributed by atoms with Crippen molar-refractivity contribution in [2.75, 3.05) is 36.1 Å². The van der Waals surface area contributed by atoms with Gasteiger partial charge in [0, 0.05) is 0 Å². The van der Waals surface area contributed by atoms with Crippen molar-refractivity contribution in [2.45, 2.75) is 4.11 Å². The van der Waals surface area contributed by atoms with Gasteiger partial charge >= 0.3 is 187 Å². The summed E-state index contributed by atoms with van der Waals surface area (Å²) < 4.78 is 13.6. The monoisotopic (exact) mass is 548 g/mol. The molecule has 0 spiro atoms. The molecule has 11 heteroatoms. The number of anilines is 2. The first-order valence-electron chi connectivity index (χ1n) is 8.65. The molecule has 0 unspecified atom stereocenters. The molecule has 2 fully saturated rings. The number of amides is 3. The number of alkyl halides is 1. The van der Waals surface area contributed by atoms with Crippen molar-refractivity contribution in [1.82, 2.24) is 3.53 Å². The van der Waals surface area contributed by atoms with E-state index < -0.39 is 27.6 Å². The van der Waals surface area contributed by atoms with E-state index in [1.807, 2.05) is 0 Å². The number of ether oxygens (including phenoxy) is 2. The maximum absolute atomic E-state index is 12.3. The van der Waals surface area contributed by atoms with Gasteiger partial charge in [-0.05, 0) is 0 Å². The second-order valence-electron chi connectivity index (χ2n) is 6.16. The molecule has 2 aliphatic rings. The second kappa shape index (κ2) is 8.86. The van der Waals surface area contributed by atoms with Crippen LogP contribution in [0.2, 0.25) is 4.34 Å². The quantitative estimate of drug-likeness (QED) is 0.309. The molecule has 4 rings (SSSR count). The minimum absolute atomic E-state index is 0.0783. The summed E-state index contributed by atoms with van der Waals surface area (Å²) >= 11 is 6.16. The van der Waals surface area contributed by atoms with Crippen LogP contribution in [-0.2, 0) is 14.3 Å². The van der Waals surface area contributed by atoms with Crippen molar-refractivity contribution < 1.29 is 45.3 Å². The van der Waals surface area contributed by atoms with E-state index in [4.69, 9.17) is 21.1 Å². The summed E-state index contributed by atoms with van der Waals surface area (Å²) in [6.07, 6.45) is -0.446. The molecule has 29 heavy (non-hydrogen) atoms. The number of morpholine rings is 1. The molecule has 1 aromatic carbocycles. The van der Waals surface area contributed by atoms with Gasteiger partial charge in [0.1, 0.15) is 0 Å². The third-order valence-electron chi connectivity index (χ3n) is 4.29. The van der Waals surface area contributed by atoms with Crippen LogP contribution in [0.3, 0.4) is 0 Å². The SMILES string of the molecule is O=C(N[I-][C@H]1CN(c2ccc(N3CCOCC3=O)cc2)C(=O)O1)c1ccc(Cl)s1. The molecule has 2 aromatic rings. The Morgan fingerprint density at radius 2 is 1.86 bits per heavy atom. The van der Waals surface area contributed by atoms with Crippen molar-refractivity contribution in [3.8, 4) is 0 Å². The summed E-state index contributed by atoms with van der Waals surface area (Å²) in [5.74, 6) is -0.291. The first kappa shape index (κ1) is 20.4. The zero-order chi connectivity index (χ0) is 20.4. The Labute approximate surface area is 186 Å². The van der Waals surface area contributed by atoms with Gasteiger partial charge in [0.15, 0.2) is 0 Å². The van der Waals surface area contributed by atoms with Gasteiger partial charge in [-0.15, -0.1) is 0 Å². The molecule has 154 valence electrons. The molecule has 0 bridgehead atoms. The van der Waals surface area contributed by atoms with E-state index in [1.54, 1.807) is 41.3 Å². The van der Waals surface area contributed by atoms with Crippen LogP contribution in [0.15, 0.2) is 36.4 Å². The van der Waals surface area contributed by atoms with Crippen LogP contribution >= 0.6 is 22.9 Å². The Kier molecular flexibility index (Phi) is 6.23. The maximum atomic E-state index is 12.3. The first-order chi connectivity index (χ1) is 14.0. The number of hydrogen-bond donors (Lipinski definition) is 1. The van der Waals surface area contributed by atoms with Crippen LogP contribution in [0.25, 0.3) is 0 Å². The fraction of sp³-hybridized carbons (Fsp3) is 0.278. The summed E-state index contributed by atoms with van der Waals surface area (Å²) in [5.41, 5.74) is 1.45. The van der Waals surface area contributed by atoms with Crippen molar-refractivity contribution >= 4 is 52.2 Å². The van der Waals surface area contributed by atoms with Crippen LogP contribution in [-0.4, -0.2) is 48.3 Å². The summed E-state index contributed by atoms with van der Waals surface area (Å²) in [6, 6.07) is 10.5. The van der Waals surface area contributed by atoms with Gasteiger partial charge in [-0.25, -0.2) is 0 Å². The number of hydrogen-bond acceptors (Lipinski definition) is 6. The molecule has 2 aliphatic heterocycles. The fourth-order valence-corrected chi connectivity index (χ4v) is 5.87. The molecule has 3 amide bonds. The van der Waals surface area contributed by atoms with Crippen molar-refractivity contribution in [2.24, 2.45) is 0 Å². The summed E-state index contributed by atoms with van der Waals surface area (Å²) in [7, 11) is 0. The van der Waals surface area contributed by atoms with E-state index in [0.29, 0.717) is 34.6 Å². The predicted octanol–water partition coefficient (Wildman–Crippen LogP) is -0.519. The number of rotatable bonds is 5. The number of halogens is 2. The number of cyclic esters (lactones) is 1. The Hall–Kier alpha value is -1.89. The van der Waals surface area contributed by atoms with Crippen molar-refractivity contribution in [1.29, 1.82) is 0 Å². The Balaban J connectivity index is 1.35. The van der Waals surface area contributed by atoms with E-state index in [-0.39, 0.29) is 22.5 Å². The number of thiophene rings is 1. The van der Waals surface area contributed by atoms with E-state index >= 15 is 0 Å².